The topological polar surface area (TPSA) is 43.1 Å². The molecule has 21 heavy (non-hydrogen) atoms. The standard InChI is InChI=1S/C19H21NO/c20-14-19(12-4-5-13-19)18(21)17-10-8-16(9-11-17)15-6-2-1-3-7-15/h1-3,6-11H,4-5,12-14,20H2. The molecule has 0 atom stereocenters. The van der Waals surface area contributed by atoms with E-state index in [-0.39, 0.29) is 11.2 Å². The van der Waals surface area contributed by atoms with Crippen LogP contribution < -0.4 is 5.73 Å². The molecule has 108 valence electrons. The van der Waals surface area contributed by atoms with Gasteiger partial charge >= 0.3 is 0 Å². The Morgan fingerprint density at radius 2 is 1.48 bits per heavy atom. The monoisotopic (exact) mass is 279 g/mol. The van der Waals surface area contributed by atoms with Crippen LogP contribution in [0.5, 0.6) is 0 Å². The van der Waals surface area contributed by atoms with Crippen molar-refractivity contribution in [3.63, 3.8) is 0 Å². The molecule has 1 fully saturated rings. The van der Waals surface area contributed by atoms with E-state index < -0.39 is 0 Å². The Hall–Kier alpha value is -1.93. The molecule has 0 aliphatic heterocycles. The van der Waals surface area contributed by atoms with Crippen LogP contribution in [-0.4, -0.2) is 12.3 Å². The molecule has 0 radical (unpaired) electrons. The first-order valence-electron chi connectivity index (χ1n) is 7.66. The summed E-state index contributed by atoms with van der Waals surface area (Å²) >= 11 is 0. The van der Waals surface area contributed by atoms with Gasteiger partial charge in [-0.1, -0.05) is 67.4 Å². The lowest BCUT2D eigenvalue weighted by Gasteiger charge is -2.25. The predicted octanol–water partition coefficient (Wildman–Crippen LogP) is 4.06. The van der Waals surface area contributed by atoms with E-state index in [9.17, 15) is 4.79 Å². The SMILES string of the molecule is NCC1(C(=O)c2ccc(-c3ccccc3)cc2)CCCC1. The Morgan fingerprint density at radius 1 is 0.905 bits per heavy atom. The number of carbonyl (C=O) groups excluding carboxylic acids is 1. The smallest absolute Gasteiger partial charge is 0.170 e. The van der Waals surface area contributed by atoms with Gasteiger partial charge in [-0.05, 0) is 24.0 Å². The highest BCUT2D eigenvalue weighted by Gasteiger charge is 2.39. The number of carbonyl (C=O) groups is 1. The Kier molecular flexibility index (Phi) is 3.89. The zero-order valence-corrected chi connectivity index (χ0v) is 12.2. The Bertz CT molecular complexity index is 610. The van der Waals surface area contributed by atoms with E-state index in [0.29, 0.717) is 6.54 Å². The molecule has 0 unspecified atom stereocenters. The van der Waals surface area contributed by atoms with Gasteiger partial charge < -0.3 is 5.73 Å². The molecule has 1 aliphatic rings. The van der Waals surface area contributed by atoms with Crippen LogP contribution in [0, 0.1) is 5.41 Å². The highest BCUT2D eigenvalue weighted by atomic mass is 16.1. The minimum Gasteiger partial charge on any atom is -0.329 e. The molecular weight excluding hydrogens is 258 g/mol. The van der Waals surface area contributed by atoms with Gasteiger partial charge in [0.05, 0.1) is 0 Å². The molecule has 2 N–H and O–H groups in total. The highest BCUT2D eigenvalue weighted by Crippen LogP contribution is 2.40. The number of benzene rings is 2. The summed E-state index contributed by atoms with van der Waals surface area (Å²) in [5.74, 6) is 0.224. The van der Waals surface area contributed by atoms with Crippen LogP contribution in [0.1, 0.15) is 36.0 Å². The maximum absolute atomic E-state index is 12.8. The van der Waals surface area contributed by atoms with Gasteiger partial charge in [-0.3, -0.25) is 4.79 Å². The van der Waals surface area contributed by atoms with Gasteiger partial charge in [-0.2, -0.15) is 0 Å². The summed E-state index contributed by atoms with van der Waals surface area (Å²) < 4.78 is 0. The molecular formula is C19H21NO. The third kappa shape index (κ3) is 2.64. The molecule has 0 spiro atoms. The van der Waals surface area contributed by atoms with E-state index in [4.69, 9.17) is 5.73 Å². The molecule has 0 saturated heterocycles. The zero-order chi connectivity index (χ0) is 14.7. The lowest BCUT2D eigenvalue weighted by molar-refractivity contribution is 0.0810. The van der Waals surface area contributed by atoms with Crippen LogP contribution >= 0.6 is 0 Å². The molecule has 0 bridgehead atoms. The van der Waals surface area contributed by atoms with Gasteiger partial charge in [0.1, 0.15) is 0 Å². The average Bonchev–Trinajstić information content (AvgIpc) is 3.05. The molecule has 2 aromatic rings. The number of hydrogen-bond donors (Lipinski definition) is 1. The third-order valence-electron chi connectivity index (χ3n) is 4.69. The van der Waals surface area contributed by atoms with Crippen LogP contribution in [0.25, 0.3) is 11.1 Å². The van der Waals surface area contributed by atoms with Crippen LogP contribution in [0.2, 0.25) is 0 Å². The van der Waals surface area contributed by atoms with Crippen LogP contribution in [0.4, 0.5) is 0 Å². The fraction of sp³-hybridized carbons (Fsp3) is 0.316. The number of ketones is 1. The summed E-state index contributed by atoms with van der Waals surface area (Å²) in [6.45, 7) is 0.465. The number of rotatable bonds is 4. The van der Waals surface area contributed by atoms with Crippen molar-refractivity contribution in [3.8, 4) is 11.1 Å². The molecule has 1 aliphatic carbocycles. The van der Waals surface area contributed by atoms with E-state index in [1.807, 2.05) is 42.5 Å². The molecule has 1 saturated carbocycles. The normalized spacial score (nSPS) is 16.8. The largest absolute Gasteiger partial charge is 0.329 e. The van der Waals surface area contributed by atoms with Crippen LogP contribution in [0.15, 0.2) is 54.6 Å². The Balaban J connectivity index is 1.86. The van der Waals surface area contributed by atoms with Crippen molar-refractivity contribution in [3.05, 3.63) is 60.2 Å². The van der Waals surface area contributed by atoms with E-state index >= 15 is 0 Å². The molecule has 2 nitrogen and oxygen atoms in total. The van der Waals surface area contributed by atoms with E-state index in [1.165, 1.54) is 5.56 Å². The van der Waals surface area contributed by atoms with Crippen molar-refractivity contribution < 1.29 is 4.79 Å². The maximum Gasteiger partial charge on any atom is 0.170 e. The van der Waals surface area contributed by atoms with Gasteiger partial charge in [0.2, 0.25) is 0 Å². The van der Waals surface area contributed by atoms with Crippen LogP contribution in [-0.2, 0) is 0 Å². The summed E-state index contributed by atoms with van der Waals surface area (Å²) in [7, 11) is 0. The molecule has 2 heteroatoms. The van der Waals surface area contributed by atoms with Gasteiger partial charge in [-0.15, -0.1) is 0 Å². The summed E-state index contributed by atoms with van der Waals surface area (Å²) in [6, 6.07) is 18.2. The van der Waals surface area contributed by atoms with Crippen molar-refractivity contribution >= 4 is 5.78 Å². The van der Waals surface area contributed by atoms with Gasteiger partial charge in [0, 0.05) is 17.5 Å². The second-order valence-corrected chi connectivity index (χ2v) is 5.96. The van der Waals surface area contributed by atoms with Gasteiger partial charge in [0.15, 0.2) is 5.78 Å². The van der Waals surface area contributed by atoms with Gasteiger partial charge in [0.25, 0.3) is 0 Å². The molecule has 0 amide bonds. The molecule has 2 aromatic carbocycles. The van der Waals surface area contributed by atoms with Crippen molar-refractivity contribution in [2.75, 3.05) is 6.54 Å². The lowest BCUT2D eigenvalue weighted by Crippen LogP contribution is -2.36. The highest BCUT2D eigenvalue weighted by molar-refractivity contribution is 6.01. The zero-order valence-electron chi connectivity index (χ0n) is 12.2. The number of Topliss-reactive ketones (excluding diaryl/α,β-unsaturated/α-hetero) is 1. The summed E-state index contributed by atoms with van der Waals surface area (Å²) in [5.41, 5.74) is 8.70. The van der Waals surface area contributed by atoms with Crippen LogP contribution in [0.3, 0.4) is 0 Å². The first kappa shape index (κ1) is 14.0. The second kappa shape index (κ2) is 5.82. The van der Waals surface area contributed by atoms with E-state index in [1.54, 1.807) is 0 Å². The molecule has 0 heterocycles. The molecule has 3 rings (SSSR count). The van der Waals surface area contributed by atoms with Gasteiger partial charge in [-0.25, -0.2) is 0 Å². The Labute approximate surface area is 126 Å². The number of nitrogens with two attached hydrogens (primary N) is 1. The fourth-order valence-electron chi connectivity index (χ4n) is 3.33. The lowest BCUT2D eigenvalue weighted by atomic mass is 9.78. The quantitative estimate of drug-likeness (QED) is 0.858. The average molecular weight is 279 g/mol. The summed E-state index contributed by atoms with van der Waals surface area (Å²) in [4.78, 5) is 12.8. The van der Waals surface area contributed by atoms with Crippen molar-refractivity contribution in [1.29, 1.82) is 0 Å². The summed E-state index contributed by atoms with van der Waals surface area (Å²) in [6.07, 6.45) is 4.10. The predicted molar refractivity (Wildman–Crippen MR) is 86.2 cm³/mol. The fourth-order valence-corrected chi connectivity index (χ4v) is 3.33. The molecule has 0 aromatic heterocycles. The first-order valence-corrected chi connectivity index (χ1v) is 7.66. The minimum absolute atomic E-state index is 0.224. The summed E-state index contributed by atoms with van der Waals surface area (Å²) in [5, 5.41) is 0. The number of hydrogen-bond acceptors (Lipinski definition) is 2. The van der Waals surface area contributed by atoms with Crippen molar-refractivity contribution in [2.45, 2.75) is 25.7 Å². The first-order chi connectivity index (χ1) is 10.2. The van der Waals surface area contributed by atoms with E-state index in [2.05, 4.69) is 12.1 Å². The van der Waals surface area contributed by atoms with Crippen molar-refractivity contribution in [2.24, 2.45) is 11.1 Å². The maximum atomic E-state index is 12.8. The Morgan fingerprint density at radius 3 is 2.05 bits per heavy atom. The minimum atomic E-state index is -0.311. The van der Waals surface area contributed by atoms with Crippen molar-refractivity contribution in [1.82, 2.24) is 0 Å². The second-order valence-electron chi connectivity index (χ2n) is 5.96. The third-order valence-corrected chi connectivity index (χ3v) is 4.69. The van der Waals surface area contributed by atoms with E-state index in [0.717, 1.165) is 36.8 Å².